The van der Waals surface area contributed by atoms with E-state index in [1.165, 1.54) is 35.4 Å². The summed E-state index contributed by atoms with van der Waals surface area (Å²) in [6.45, 7) is 0.973. The molecule has 2 aromatic carbocycles. The van der Waals surface area contributed by atoms with Crippen molar-refractivity contribution in [1.82, 2.24) is 14.8 Å². The van der Waals surface area contributed by atoms with E-state index in [2.05, 4.69) is 11.1 Å². The second-order valence-corrected chi connectivity index (χ2v) is 10.2. The summed E-state index contributed by atoms with van der Waals surface area (Å²) in [7, 11) is 1.60. The Balaban J connectivity index is 1.55. The second kappa shape index (κ2) is 9.72. The molecular formula is C27H21Cl2N5O4. The van der Waals surface area contributed by atoms with Crippen molar-refractivity contribution < 1.29 is 19.5 Å². The monoisotopic (exact) mass is 549 g/mol. The molecule has 3 heterocycles. The number of carboxylic acids is 1. The van der Waals surface area contributed by atoms with Crippen LogP contribution >= 0.6 is 23.2 Å². The molecule has 192 valence electrons. The Morgan fingerprint density at radius 1 is 1.13 bits per heavy atom. The van der Waals surface area contributed by atoms with Gasteiger partial charge in [0.05, 0.1) is 28.6 Å². The van der Waals surface area contributed by atoms with Crippen LogP contribution in [0.1, 0.15) is 33.1 Å². The number of pyridine rings is 1. The molecule has 0 radical (unpaired) electrons. The summed E-state index contributed by atoms with van der Waals surface area (Å²) < 4.78 is 0. The van der Waals surface area contributed by atoms with Gasteiger partial charge >= 0.3 is 12.0 Å². The van der Waals surface area contributed by atoms with Crippen LogP contribution in [-0.4, -0.2) is 63.5 Å². The van der Waals surface area contributed by atoms with E-state index in [0.29, 0.717) is 34.4 Å². The number of aromatic nitrogens is 1. The topological polar surface area (TPSA) is 118 Å². The average molecular weight is 550 g/mol. The average Bonchev–Trinajstić information content (AvgIpc) is 3.35. The summed E-state index contributed by atoms with van der Waals surface area (Å²) in [5, 5.41) is 19.0. The van der Waals surface area contributed by atoms with E-state index in [1.807, 2.05) is 4.90 Å². The lowest BCUT2D eigenvalue weighted by molar-refractivity contribution is -0.124. The summed E-state index contributed by atoms with van der Waals surface area (Å²) in [4.78, 5) is 47.8. The zero-order valence-corrected chi connectivity index (χ0v) is 21.6. The number of likely N-dealkylation sites (tertiary alicyclic amines) is 1. The van der Waals surface area contributed by atoms with Crippen molar-refractivity contribution in [3.05, 3.63) is 93.2 Å². The number of carboxylic acid groups (broad SMARTS) is 1. The maximum absolute atomic E-state index is 14.2. The van der Waals surface area contributed by atoms with E-state index < -0.39 is 29.4 Å². The number of aromatic carboxylic acids is 1. The number of hydrogen-bond acceptors (Lipinski definition) is 6. The number of hydrogen-bond donors (Lipinski definition) is 1. The molecule has 2 atom stereocenters. The van der Waals surface area contributed by atoms with Crippen molar-refractivity contribution in [3.8, 4) is 6.07 Å². The second-order valence-electron chi connectivity index (χ2n) is 9.33. The number of halogens is 2. The highest BCUT2D eigenvalue weighted by molar-refractivity contribution is 6.35. The van der Waals surface area contributed by atoms with Crippen LogP contribution in [0.25, 0.3) is 0 Å². The van der Waals surface area contributed by atoms with E-state index in [-0.39, 0.29) is 17.8 Å². The Hall–Kier alpha value is -3.97. The van der Waals surface area contributed by atoms with Crippen LogP contribution in [0, 0.1) is 11.3 Å². The molecule has 2 fully saturated rings. The fraction of sp³-hybridized carbons (Fsp3) is 0.222. The third-order valence-corrected chi connectivity index (χ3v) is 7.57. The number of urea groups is 1. The lowest BCUT2D eigenvalue weighted by Gasteiger charge is -2.34. The molecule has 2 aliphatic heterocycles. The van der Waals surface area contributed by atoms with Crippen LogP contribution in [-0.2, 0) is 11.3 Å². The van der Waals surface area contributed by atoms with E-state index in [4.69, 9.17) is 28.3 Å². The number of nitriles is 1. The first-order chi connectivity index (χ1) is 18.1. The van der Waals surface area contributed by atoms with Crippen LogP contribution in [0.15, 0.2) is 60.8 Å². The van der Waals surface area contributed by atoms with Gasteiger partial charge in [0.15, 0.2) is 0 Å². The maximum Gasteiger partial charge on any atom is 0.337 e. The highest BCUT2D eigenvalue weighted by Crippen LogP contribution is 2.47. The Kier molecular flexibility index (Phi) is 6.57. The van der Waals surface area contributed by atoms with Crippen molar-refractivity contribution >= 4 is 46.8 Å². The number of amides is 3. The smallest absolute Gasteiger partial charge is 0.337 e. The number of carbonyl (C=O) groups excluding carboxylic acids is 2. The van der Waals surface area contributed by atoms with E-state index in [1.54, 1.807) is 37.4 Å². The molecule has 0 bridgehead atoms. The van der Waals surface area contributed by atoms with Crippen LogP contribution in [0.5, 0.6) is 0 Å². The van der Waals surface area contributed by atoms with Crippen LogP contribution in [0.2, 0.25) is 10.0 Å². The van der Waals surface area contributed by atoms with Gasteiger partial charge < -0.3 is 10.0 Å². The third kappa shape index (κ3) is 4.27. The van der Waals surface area contributed by atoms with Gasteiger partial charge in [-0.05, 0) is 48.0 Å². The molecule has 3 amide bonds. The summed E-state index contributed by atoms with van der Waals surface area (Å²) in [5.41, 5.74) is 1.03. The van der Waals surface area contributed by atoms with E-state index >= 15 is 0 Å². The number of anilines is 1. The van der Waals surface area contributed by atoms with Gasteiger partial charge in [0, 0.05) is 48.8 Å². The Labute approximate surface area is 228 Å². The first kappa shape index (κ1) is 25.7. The van der Waals surface area contributed by atoms with Crippen LogP contribution in [0.3, 0.4) is 0 Å². The van der Waals surface area contributed by atoms with Crippen molar-refractivity contribution in [2.45, 2.75) is 18.0 Å². The minimum atomic E-state index is -1.25. The van der Waals surface area contributed by atoms with Gasteiger partial charge in [-0.2, -0.15) is 5.26 Å². The predicted molar refractivity (Wildman–Crippen MR) is 140 cm³/mol. The number of rotatable bonds is 5. The van der Waals surface area contributed by atoms with Gasteiger partial charge in [-0.25, -0.2) is 14.5 Å². The SMILES string of the molecule is CN1C(=O)N(c2cc(Cl)cc(Cl)c2)C(=O)C12CN(Cc1ccc(C(=O)O)cn1)CC2c1ccc(C#N)cc1. The molecule has 2 aliphatic rings. The molecule has 3 aromatic rings. The normalized spacial score (nSPS) is 21.4. The quantitative estimate of drug-likeness (QED) is 0.468. The molecule has 5 rings (SSSR count). The standard InChI is InChI=1S/C27H21Cl2N5O4/c1-32-26(38)34(22-9-19(28)8-20(29)10-22)25(37)27(32)15-33(13-21-7-6-18(12-31-21)24(35)36)14-23(27)17-4-2-16(11-30)3-5-17/h2-10,12,23H,13-15H2,1H3,(H,35,36). The highest BCUT2D eigenvalue weighted by atomic mass is 35.5. The number of nitrogens with zero attached hydrogens (tertiary/aromatic N) is 5. The fourth-order valence-electron chi connectivity index (χ4n) is 5.29. The first-order valence-electron chi connectivity index (χ1n) is 11.6. The minimum Gasteiger partial charge on any atom is -0.478 e. The van der Waals surface area contributed by atoms with Gasteiger partial charge in [0.25, 0.3) is 5.91 Å². The van der Waals surface area contributed by atoms with Gasteiger partial charge in [-0.3, -0.25) is 14.7 Å². The van der Waals surface area contributed by atoms with Gasteiger partial charge in [-0.1, -0.05) is 35.3 Å². The van der Waals surface area contributed by atoms with Gasteiger partial charge in [0.1, 0.15) is 5.54 Å². The molecule has 38 heavy (non-hydrogen) atoms. The molecule has 9 nitrogen and oxygen atoms in total. The van der Waals surface area contributed by atoms with E-state index in [0.717, 1.165) is 10.5 Å². The van der Waals surface area contributed by atoms with Gasteiger partial charge in [-0.15, -0.1) is 0 Å². The zero-order chi connectivity index (χ0) is 27.2. The fourth-order valence-corrected chi connectivity index (χ4v) is 5.80. The number of carbonyl (C=O) groups is 3. The largest absolute Gasteiger partial charge is 0.478 e. The molecule has 0 aliphatic carbocycles. The Morgan fingerprint density at radius 2 is 1.82 bits per heavy atom. The summed E-state index contributed by atoms with van der Waals surface area (Å²) in [6.07, 6.45) is 1.29. The number of likely N-dealkylation sites (N-methyl/N-ethyl adjacent to an activating group) is 1. The van der Waals surface area contributed by atoms with Crippen molar-refractivity contribution in [1.29, 1.82) is 5.26 Å². The molecule has 1 spiro atoms. The summed E-state index contributed by atoms with van der Waals surface area (Å²) in [6, 6.07) is 16.3. The lowest BCUT2D eigenvalue weighted by Crippen LogP contribution is -2.53. The van der Waals surface area contributed by atoms with Crippen molar-refractivity contribution in [2.24, 2.45) is 0 Å². The third-order valence-electron chi connectivity index (χ3n) is 7.14. The lowest BCUT2D eigenvalue weighted by atomic mass is 9.80. The summed E-state index contributed by atoms with van der Waals surface area (Å²) in [5.74, 6) is -1.90. The van der Waals surface area contributed by atoms with Crippen LogP contribution in [0.4, 0.5) is 10.5 Å². The predicted octanol–water partition coefficient (Wildman–Crippen LogP) is 4.40. The molecule has 2 unspecified atom stereocenters. The molecular weight excluding hydrogens is 529 g/mol. The number of benzene rings is 2. The molecule has 1 N–H and O–H groups in total. The van der Waals surface area contributed by atoms with Crippen molar-refractivity contribution in [2.75, 3.05) is 25.0 Å². The van der Waals surface area contributed by atoms with E-state index in [9.17, 15) is 19.6 Å². The first-order valence-corrected chi connectivity index (χ1v) is 12.4. The minimum absolute atomic E-state index is 0.0780. The summed E-state index contributed by atoms with van der Waals surface area (Å²) >= 11 is 12.4. The molecule has 11 heteroatoms. The zero-order valence-electron chi connectivity index (χ0n) is 20.1. The maximum atomic E-state index is 14.2. The highest BCUT2D eigenvalue weighted by Gasteiger charge is 2.64. The number of imide groups is 1. The van der Waals surface area contributed by atoms with Gasteiger partial charge in [0.2, 0.25) is 0 Å². The van der Waals surface area contributed by atoms with Crippen LogP contribution < -0.4 is 4.90 Å². The Bertz CT molecular complexity index is 1470. The molecule has 1 aromatic heterocycles. The van der Waals surface area contributed by atoms with Crippen molar-refractivity contribution in [3.63, 3.8) is 0 Å². The Morgan fingerprint density at radius 3 is 2.39 bits per heavy atom. The molecule has 0 saturated carbocycles. The molecule has 2 saturated heterocycles.